The second-order valence-corrected chi connectivity index (χ2v) is 7.11. The van der Waals surface area contributed by atoms with Crippen molar-refractivity contribution in [2.24, 2.45) is 0 Å². The summed E-state index contributed by atoms with van der Waals surface area (Å²) in [6, 6.07) is 15.4. The zero-order valence-corrected chi connectivity index (χ0v) is 15.9. The Morgan fingerprint density at radius 1 is 1.15 bits per heavy atom. The minimum absolute atomic E-state index is 0.00604. The van der Waals surface area contributed by atoms with Crippen LogP contribution in [0.5, 0.6) is 0 Å². The number of halogens is 1. The van der Waals surface area contributed by atoms with Gasteiger partial charge in [-0.2, -0.15) is 0 Å². The quantitative estimate of drug-likeness (QED) is 0.653. The van der Waals surface area contributed by atoms with Crippen molar-refractivity contribution >= 4 is 23.2 Å². The summed E-state index contributed by atoms with van der Waals surface area (Å²) in [7, 11) is 0. The number of aliphatic hydroxyl groups is 1. The van der Waals surface area contributed by atoms with Gasteiger partial charge in [-0.3, -0.25) is 4.79 Å². The Bertz CT molecular complexity index is 788. The summed E-state index contributed by atoms with van der Waals surface area (Å²) < 4.78 is 0. The maximum Gasteiger partial charge on any atom is 0.227 e. The number of carbonyl (C=O) groups is 1. The van der Waals surface area contributed by atoms with Crippen LogP contribution in [0.3, 0.4) is 0 Å². The molecule has 1 amide bonds. The van der Waals surface area contributed by atoms with E-state index in [1.54, 1.807) is 4.90 Å². The smallest absolute Gasteiger partial charge is 0.227 e. The molecule has 0 unspecified atom stereocenters. The van der Waals surface area contributed by atoms with Crippen LogP contribution in [-0.4, -0.2) is 35.1 Å². The van der Waals surface area contributed by atoms with Crippen LogP contribution in [0.1, 0.15) is 17.5 Å². The van der Waals surface area contributed by atoms with Crippen LogP contribution >= 0.6 is 11.6 Å². The van der Waals surface area contributed by atoms with E-state index < -0.39 is 0 Å². The Morgan fingerprint density at radius 2 is 1.81 bits per heavy atom. The molecular formula is C21H24ClN3O2. The lowest BCUT2D eigenvalue weighted by Gasteiger charge is -2.40. The van der Waals surface area contributed by atoms with Crippen LogP contribution < -0.4 is 10.6 Å². The van der Waals surface area contributed by atoms with Gasteiger partial charge in [0.15, 0.2) is 0 Å². The largest absolute Gasteiger partial charge is 0.394 e. The van der Waals surface area contributed by atoms with Crippen molar-refractivity contribution < 1.29 is 9.90 Å². The minimum Gasteiger partial charge on any atom is -0.394 e. The highest BCUT2D eigenvalue weighted by atomic mass is 35.5. The molecule has 1 heterocycles. The van der Waals surface area contributed by atoms with Crippen LogP contribution in [0, 0.1) is 0 Å². The molecule has 5 nitrogen and oxygen atoms in total. The fourth-order valence-corrected chi connectivity index (χ4v) is 3.10. The Morgan fingerprint density at radius 3 is 2.41 bits per heavy atom. The number of benzene rings is 2. The predicted octanol–water partition coefficient (Wildman–Crippen LogP) is 3.15. The highest BCUT2D eigenvalue weighted by Crippen LogP contribution is 2.19. The number of hydrogen-bond acceptors (Lipinski definition) is 4. The van der Waals surface area contributed by atoms with Crippen LogP contribution in [0.4, 0.5) is 5.69 Å². The molecule has 1 saturated heterocycles. The summed E-state index contributed by atoms with van der Waals surface area (Å²) >= 11 is 5.88. The number of rotatable bonds is 8. The normalized spacial score (nSPS) is 15.8. The topological polar surface area (TPSA) is 64.6 Å². The summed E-state index contributed by atoms with van der Waals surface area (Å²) in [4.78, 5) is 14.0. The summed E-state index contributed by atoms with van der Waals surface area (Å²) in [6.07, 6.45) is 1.24. The average Bonchev–Trinajstić information content (AvgIpc) is 2.62. The van der Waals surface area contributed by atoms with Gasteiger partial charge in [0, 0.05) is 23.8 Å². The molecule has 0 spiro atoms. The third-order valence-corrected chi connectivity index (χ3v) is 4.95. The molecule has 3 N–H and O–H groups in total. The van der Waals surface area contributed by atoms with Gasteiger partial charge in [0.25, 0.3) is 0 Å². The van der Waals surface area contributed by atoms with E-state index >= 15 is 0 Å². The van der Waals surface area contributed by atoms with E-state index in [-0.39, 0.29) is 18.6 Å². The van der Waals surface area contributed by atoms with Crippen molar-refractivity contribution in [2.45, 2.75) is 25.4 Å². The summed E-state index contributed by atoms with van der Waals surface area (Å²) in [6.45, 7) is 5.41. The van der Waals surface area contributed by atoms with Gasteiger partial charge in [0.05, 0.1) is 24.9 Å². The van der Waals surface area contributed by atoms with Crippen molar-refractivity contribution in [3.63, 3.8) is 0 Å². The van der Waals surface area contributed by atoms with Gasteiger partial charge < -0.3 is 20.6 Å². The fourth-order valence-electron chi connectivity index (χ4n) is 2.97. The number of anilines is 1. The molecule has 3 rings (SSSR count). The van der Waals surface area contributed by atoms with E-state index in [0.29, 0.717) is 18.8 Å². The van der Waals surface area contributed by atoms with Gasteiger partial charge in [-0.15, -0.1) is 0 Å². The highest BCUT2D eigenvalue weighted by molar-refractivity contribution is 6.30. The number of nitrogens with zero attached hydrogens (tertiary/aromatic N) is 1. The summed E-state index contributed by atoms with van der Waals surface area (Å²) in [5, 5.41) is 16.3. The van der Waals surface area contributed by atoms with Gasteiger partial charge in [-0.1, -0.05) is 42.4 Å². The molecule has 142 valence electrons. The molecule has 0 aliphatic carbocycles. The van der Waals surface area contributed by atoms with Gasteiger partial charge in [-0.25, -0.2) is 0 Å². The first-order valence-electron chi connectivity index (χ1n) is 8.98. The molecule has 2 aromatic carbocycles. The Kier molecular flexibility index (Phi) is 6.37. The molecule has 0 bridgehead atoms. The number of nitrogens with one attached hydrogen (secondary N) is 2. The zero-order chi connectivity index (χ0) is 19.2. The number of hydrogen-bond donors (Lipinski definition) is 3. The molecule has 0 saturated carbocycles. The summed E-state index contributed by atoms with van der Waals surface area (Å²) in [5.74, 6) is 0.759. The molecule has 27 heavy (non-hydrogen) atoms. The zero-order valence-electron chi connectivity index (χ0n) is 15.1. The van der Waals surface area contributed by atoms with E-state index in [2.05, 4.69) is 17.2 Å². The van der Waals surface area contributed by atoms with Gasteiger partial charge >= 0.3 is 0 Å². The van der Waals surface area contributed by atoms with Crippen LogP contribution in [0.15, 0.2) is 60.9 Å². The van der Waals surface area contributed by atoms with E-state index in [4.69, 9.17) is 11.6 Å². The standard InChI is InChI=1S/C21H24ClN3O2/c1-15(23-13-17-2-6-18(22)7-3-17)24-19-8-4-16(5-9-19)12-21(27)25-11-10-20(25)14-26/h2-9,20,23-24,26H,1,10-14H2/t20-/m1/s1. The van der Waals surface area contributed by atoms with Crippen LogP contribution in [0.25, 0.3) is 0 Å². The molecule has 0 radical (unpaired) electrons. The Labute approximate surface area is 164 Å². The van der Waals surface area contributed by atoms with E-state index in [1.807, 2.05) is 48.5 Å². The summed E-state index contributed by atoms with van der Waals surface area (Å²) in [5.41, 5.74) is 2.97. The van der Waals surface area contributed by atoms with Gasteiger partial charge in [0.1, 0.15) is 0 Å². The molecule has 1 aliphatic heterocycles. The first-order chi connectivity index (χ1) is 13.0. The highest BCUT2D eigenvalue weighted by Gasteiger charge is 2.30. The lowest BCUT2D eigenvalue weighted by atomic mass is 10.0. The minimum atomic E-state index is -0.00604. The maximum absolute atomic E-state index is 12.2. The van der Waals surface area contributed by atoms with E-state index in [9.17, 15) is 9.90 Å². The first kappa shape index (κ1) is 19.3. The molecular weight excluding hydrogens is 362 g/mol. The van der Waals surface area contributed by atoms with Crippen LogP contribution in [0.2, 0.25) is 5.02 Å². The Hall–Kier alpha value is -2.50. The molecule has 1 atom stereocenters. The SMILES string of the molecule is C=C(NCc1ccc(Cl)cc1)Nc1ccc(CC(=O)N2CC[C@@H]2CO)cc1. The first-order valence-corrected chi connectivity index (χ1v) is 9.36. The number of likely N-dealkylation sites (tertiary alicyclic amines) is 1. The van der Waals surface area contributed by atoms with Crippen molar-refractivity contribution in [3.8, 4) is 0 Å². The van der Waals surface area contributed by atoms with Crippen LogP contribution in [-0.2, 0) is 17.8 Å². The molecule has 1 fully saturated rings. The van der Waals surface area contributed by atoms with Crippen molar-refractivity contribution in [1.29, 1.82) is 0 Å². The number of aliphatic hydroxyl groups excluding tert-OH is 1. The Balaban J connectivity index is 1.46. The van der Waals surface area contributed by atoms with E-state index in [0.717, 1.165) is 34.8 Å². The van der Waals surface area contributed by atoms with E-state index in [1.165, 1.54) is 0 Å². The lowest BCUT2D eigenvalue weighted by Crippen LogP contribution is -2.53. The third-order valence-electron chi connectivity index (χ3n) is 4.70. The molecule has 2 aromatic rings. The number of amides is 1. The fraction of sp³-hybridized carbons (Fsp3) is 0.286. The molecule has 6 heteroatoms. The molecule has 0 aromatic heterocycles. The van der Waals surface area contributed by atoms with Gasteiger partial charge in [-0.05, 0) is 41.8 Å². The monoisotopic (exact) mass is 385 g/mol. The van der Waals surface area contributed by atoms with Crippen molar-refractivity contribution in [2.75, 3.05) is 18.5 Å². The third kappa shape index (κ3) is 5.25. The lowest BCUT2D eigenvalue weighted by molar-refractivity contribution is -0.139. The average molecular weight is 386 g/mol. The van der Waals surface area contributed by atoms with Crippen molar-refractivity contribution in [1.82, 2.24) is 10.2 Å². The number of carbonyl (C=O) groups excluding carboxylic acids is 1. The predicted molar refractivity (Wildman–Crippen MR) is 108 cm³/mol. The molecule has 1 aliphatic rings. The second kappa shape index (κ2) is 8.93. The van der Waals surface area contributed by atoms with Gasteiger partial charge in [0.2, 0.25) is 5.91 Å². The maximum atomic E-state index is 12.2. The second-order valence-electron chi connectivity index (χ2n) is 6.67. The van der Waals surface area contributed by atoms with Crippen molar-refractivity contribution in [3.05, 3.63) is 77.1 Å².